The van der Waals surface area contributed by atoms with Crippen molar-refractivity contribution in [2.24, 2.45) is 0 Å². The summed E-state index contributed by atoms with van der Waals surface area (Å²) in [5.41, 5.74) is 4.92. The molecule has 2 aromatic carbocycles. The van der Waals surface area contributed by atoms with Crippen LogP contribution < -0.4 is 0 Å². The minimum Gasteiger partial charge on any atom is -0.463 e. The molecule has 0 saturated heterocycles. The van der Waals surface area contributed by atoms with Crippen LogP contribution in [0, 0.1) is 6.92 Å². The molecule has 0 aliphatic carbocycles. The lowest BCUT2D eigenvalue weighted by Crippen LogP contribution is -2.04. The molecule has 1 heterocycles. The van der Waals surface area contributed by atoms with E-state index < -0.39 is 0 Å². The molecule has 6 heteroatoms. The average molecular weight is 379 g/mol. The second-order valence-electron chi connectivity index (χ2n) is 6.44. The second kappa shape index (κ2) is 9.80. The van der Waals surface area contributed by atoms with Crippen LogP contribution in [0.4, 0.5) is 0 Å². The highest BCUT2D eigenvalue weighted by atomic mass is 16.5. The molecule has 3 rings (SSSR count). The predicted octanol–water partition coefficient (Wildman–Crippen LogP) is 3.92. The molecule has 0 unspecified atom stereocenters. The lowest BCUT2D eigenvalue weighted by atomic mass is 10.1. The molecule has 0 bridgehead atoms. The predicted molar refractivity (Wildman–Crippen MR) is 109 cm³/mol. The van der Waals surface area contributed by atoms with Crippen LogP contribution in [-0.2, 0) is 27.4 Å². The zero-order chi connectivity index (χ0) is 19.8. The highest BCUT2D eigenvalue weighted by Gasteiger charge is 2.09. The first-order chi connectivity index (χ1) is 13.7. The van der Waals surface area contributed by atoms with E-state index in [0.717, 1.165) is 35.1 Å². The van der Waals surface area contributed by atoms with Crippen molar-refractivity contribution in [3.63, 3.8) is 0 Å². The second-order valence-corrected chi connectivity index (χ2v) is 6.44. The van der Waals surface area contributed by atoms with Crippen LogP contribution in [0.25, 0.3) is 17.1 Å². The highest BCUT2D eigenvalue weighted by molar-refractivity contribution is 5.89. The zero-order valence-corrected chi connectivity index (χ0v) is 16.3. The third kappa shape index (κ3) is 5.04. The highest BCUT2D eigenvalue weighted by Crippen LogP contribution is 2.21. The molecule has 0 aliphatic rings. The first kappa shape index (κ1) is 19.8. The van der Waals surface area contributed by atoms with E-state index >= 15 is 0 Å². The van der Waals surface area contributed by atoms with E-state index in [4.69, 9.17) is 9.47 Å². The maximum absolute atomic E-state index is 11.5. The minimum absolute atomic E-state index is 0.346. The lowest BCUT2D eigenvalue weighted by molar-refractivity contribution is -0.137. The van der Waals surface area contributed by atoms with Gasteiger partial charge in [0.1, 0.15) is 5.52 Å². The van der Waals surface area contributed by atoms with Gasteiger partial charge < -0.3 is 9.47 Å². The van der Waals surface area contributed by atoms with Crippen LogP contribution in [0.3, 0.4) is 0 Å². The summed E-state index contributed by atoms with van der Waals surface area (Å²) in [5, 5.41) is 8.58. The summed E-state index contributed by atoms with van der Waals surface area (Å²) < 4.78 is 12.5. The van der Waals surface area contributed by atoms with E-state index in [-0.39, 0.29) is 5.97 Å². The van der Waals surface area contributed by atoms with Crippen LogP contribution in [0.1, 0.15) is 30.0 Å². The molecular formula is C22H25N3O3. The number of hydrogen-bond donors (Lipinski definition) is 0. The van der Waals surface area contributed by atoms with Crippen molar-refractivity contribution in [3.05, 3.63) is 65.2 Å². The number of nitrogens with zero attached hydrogens (tertiary/aromatic N) is 3. The SMILES string of the molecule is CCOC(=O)/C=C/c1ccc2c(nnn2CCCOCc2ccccc2)c1C. The third-order valence-corrected chi connectivity index (χ3v) is 4.44. The van der Waals surface area contributed by atoms with Gasteiger partial charge in [-0.2, -0.15) is 0 Å². The quantitative estimate of drug-likeness (QED) is 0.320. The summed E-state index contributed by atoms with van der Waals surface area (Å²) in [5.74, 6) is -0.346. The van der Waals surface area contributed by atoms with Crippen LogP contribution >= 0.6 is 0 Å². The third-order valence-electron chi connectivity index (χ3n) is 4.44. The molecule has 0 amide bonds. The normalized spacial score (nSPS) is 11.4. The Morgan fingerprint density at radius 3 is 2.79 bits per heavy atom. The van der Waals surface area contributed by atoms with Gasteiger partial charge in [0.2, 0.25) is 0 Å². The number of rotatable bonds is 9. The van der Waals surface area contributed by atoms with E-state index in [1.807, 2.05) is 41.9 Å². The van der Waals surface area contributed by atoms with Gasteiger partial charge in [-0.15, -0.1) is 5.10 Å². The lowest BCUT2D eigenvalue weighted by Gasteiger charge is -2.06. The van der Waals surface area contributed by atoms with Gasteiger partial charge in [0.05, 0.1) is 18.7 Å². The summed E-state index contributed by atoms with van der Waals surface area (Å²) in [6, 6.07) is 14.1. The molecule has 1 aromatic heterocycles. The van der Waals surface area contributed by atoms with E-state index in [0.29, 0.717) is 19.8 Å². The fourth-order valence-corrected chi connectivity index (χ4v) is 2.96. The van der Waals surface area contributed by atoms with Crippen LogP contribution in [0.2, 0.25) is 0 Å². The minimum atomic E-state index is -0.346. The summed E-state index contributed by atoms with van der Waals surface area (Å²) in [7, 11) is 0. The van der Waals surface area contributed by atoms with Gasteiger partial charge in [0.25, 0.3) is 0 Å². The van der Waals surface area contributed by atoms with Crippen molar-refractivity contribution in [3.8, 4) is 0 Å². The van der Waals surface area contributed by atoms with Crippen molar-refractivity contribution in [2.75, 3.05) is 13.2 Å². The number of aromatic nitrogens is 3. The number of aryl methyl sites for hydroxylation is 2. The molecule has 146 valence electrons. The smallest absolute Gasteiger partial charge is 0.330 e. The molecule has 0 N–H and O–H groups in total. The molecule has 0 radical (unpaired) electrons. The van der Waals surface area contributed by atoms with E-state index in [1.54, 1.807) is 13.0 Å². The Bertz CT molecular complexity index is 948. The molecule has 0 spiro atoms. The van der Waals surface area contributed by atoms with Gasteiger partial charge in [-0.05, 0) is 49.1 Å². The molecular weight excluding hydrogens is 354 g/mol. The fraction of sp³-hybridized carbons (Fsp3) is 0.318. The Balaban J connectivity index is 1.57. The van der Waals surface area contributed by atoms with Crippen LogP contribution in [-0.4, -0.2) is 34.2 Å². The van der Waals surface area contributed by atoms with Crippen LogP contribution in [0.5, 0.6) is 0 Å². The zero-order valence-electron chi connectivity index (χ0n) is 16.3. The van der Waals surface area contributed by atoms with Gasteiger partial charge >= 0.3 is 5.97 Å². The summed E-state index contributed by atoms with van der Waals surface area (Å²) in [4.78, 5) is 11.5. The standard InChI is InChI=1S/C22H25N3O3/c1-3-28-21(26)13-11-19-10-12-20-22(17(19)2)23-24-25(20)14-7-15-27-16-18-8-5-4-6-9-18/h4-6,8-13H,3,7,14-16H2,1-2H3/b13-11+. The van der Waals surface area contributed by atoms with Gasteiger partial charge in [0.15, 0.2) is 0 Å². The monoisotopic (exact) mass is 379 g/mol. The number of fused-ring (bicyclic) bond motifs is 1. The summed E-state index contributed by atoms with van der Waals surface area (Å²) >= 11 is 0. The van der Waals surface area contributed by atoms with Crippen molar-refractivity contribution in [1.82, 2.24) is 15.0 Å². The molecule has 0 aliphatic heterocycles. The number of carbonyl (C=O) groups excluding carboxylic acids is 1. The number of benzene rings is 2. The average Bonchev–Trinajstić information content (AvgIpc) is 3.12. The molecule has 0 atom stereocenters. The Kier molecular flexibility index (Phi) is 6.92. The van der Waals surface area contributed by atoms with E-state index in [1.165, 1.54) is 11.6 Å². The molecule has 6 nitrogen and oxygen atoms in total. The van der Waals surface area contributed by atoms with Gasteiger partial charge in [0, 0.05) is 19.2 Å². The van der Waals surface area contributed by atoms with Crippen molar-refractivity contribution in [1.29, 1.82) is 0 Å². The van der Waals surface area contributed by atoms with E-state index in [9.17, 15) is 4.79 Å². The van der Waals surface area contributed by atoms with Crippen molar-refractivity contribution in [2.45, 2.75) is 33.4 Å². The maximum Gasteiger partial charge on any atom is 0.330 e. The Morgan fingerprint density at radius 2 is 2.00 bits per heavy atom. The first-order valence-electron chi connectivity index (χ1n) is 9.48. The van der Waals surface area contributed by atoms with Crippen molar-refractivity contribution < 1.29 is 14.3 Å². The Morgan fingerprint density at radius 1 is 1.18 bits per heavy atom. The number of ether oxygens (including phenoxy) is 2. The van der Waals surface area contributed by atoms with E-state index in [2.05, 4.69) is 22.4 Å². The fourth-order valence-electron chi connectivity index (χ4n) is 2.96. The van der Waals surface area contributed by atoms with Gasteiger partial charge in [-0.25, -0.2) is 9.48 Å². The number of hydrogen-bond acceptors (Lipinski definition) is 5. The number of carbonyl (C=O) groups is 1. The van der Waals surface area contributed by atoms with Gasteiger partial charge in [-0.3, -0.25) is 0 Å². The first-order valence-corrected chi connectivity index (χ1v) is 9.48. The number of esters is 1. The maximum atomic E-state index is 11.5. The molecule has 0 fully saturated rings. The summed E-state index contributed by atoms with van der Waals surface area (Å²) in [6.45, 7) is 6.15. The van der Waals surface area contributed by atoms with Crippen molar-refractivity contribution >= 4 is 23.1 Å². The topological polar surface area (TPSA) is 66.2 Å². The molecule has 28 heavy (non-hydrogen) atoms. The van der Waals surface area contributed by atoms with Gasteiger partial charge in [-0.1, -0.05) is 41.6 Å². The Hall–Kier alpha value is -2.99. The largest absolute Gasteiger partial charge is 0.463 e. The van der Waals surface area contributed by atoms with Crippen LogP contribution in [0.15, 0.2) is 48.5 Å². The summed E-state index contributed by atoms with van der Waals surface area (Å²) in [6.07, 6.45) is 4.05. The molecule has 0 saturated carbocycles. The molecule has 3 aromatic rings. The Labute approximate surface area is 164 Å².